The van der Waals surface area contributed by atoms with E-state index in [0.717, 1.165) is 36.2 Å². The van der Waals surface area contributed by atoms with Gasteiger partial charge >= 0.3 is 0 Å². The van der Waals surface area contributed by atoms with Crippen molar-refractivity contribution in [1.29, 1.82) is 0 Å². The van der Waals surface area contributed by atoms with Crippen molar-refractivity contribution in [2.75, 3.05) is 18.9 Å². The second-order valence-corrected chi connectivity index (χ2v) is 6.27. The molecule has 2 N–H and O–H groups in total. The van der Waals surface area contributed by atoms with Crippen LogP contribution in [0.5, 0.6) is 0 Å². The number of likely N-dealkylation sites (tertiary alicyclic amines) is 1. The van der Waals surface area contributed by atoms with Crippen LogP contribution >= 0.6 is 0 Å². The number of nitrogens with zero attached hydrogens (tertiary/aromatic N) is 3. The monoisotopic (exact) mass is 285 g/mol. The van der Waals surface area contributed by atoms with Crippen LogP contribution in [-0.4, -0.2) is 45.4 Å². The van der Waals surface area contributed by atoms with E-state index in [2.05, 4.69) is 20.3 Å². The topological polar surface area (TPSA) is 73.9 Å². The smallest absolute Gasteiger partial charge is 0.222 e. The molecule has 2 fully saturated rings. The van der Waals surface area contributed by atoms with Crippen LogP contribution in [0.15, 0.2) is 18.6 Å². The molecule has 110 valence electrons. The van der Waals surface area contributed by atoms with Gasteiger partial charge in [-0.3, -0.25) is 4.79 Å². The van der Waals surface area contributed by atoms with Crippen molar-refractivity contribution in [2.45, 2.75) is 25.3 Å². The van der Waals surface area contributed by atoms with E-state index < -0.39 is 0 Å². The fourth-order valence-electron chi connectivity index (χ4n) is 3.82. The van der Waals surface area contributed by atoms with E-state index in [9.17, 15) is 4.79 Å². The maximum Gasteiger partial charge on any atom is 0.222 e. The van der Waals surface area contributed by atoms with Gasteiger partial charge in [0.15, 0.2) is 0 Å². The summed E-state index contributed by atoms with van der Waals surface area (Å²) in [6, 6.07) is 2.39. The predicted octanol–water partition coefficient (Wildman–Crippen LogP) is 1.63. The Balaban J connectivity index is 1.52. The molecule has 21 heavy (non-hydrogen) atoms. The molecule has 2 unspecified atom stereocenters. The van der Waals surface area contributed by atoms with E-state index in [0.29, 0.717) is 24.3 Å². The lowest BCUT2D eigenvalue weighted by Gasteiger charge is -2.31. The van der Waals surface area contributed by atoms with Crippen LogP contribution in [0, 0.1) is 11.8 Å². The van der Waals surface area contributed by atoms with Crippen molar-refractivity contribution in [3.63, 3.8) is 0 Å². The average Bonchev–Trinajstić information content (AvgIpc) is 3.06. The highest BCUT2D eigenvalue weighted by Gasteiger charge is 2.40. The average molecular weight is 285 g/mol. The predicted molar refractivity (Wildman–Crippen MR) is 79.8 cm³/mol. The number of amides is 1. The Bertz CT molecular complexity index is 682. The van der Waals surface area contributed by atoms with E-state index in [1.807, 2.05) is 24.2 Å². The number of anilines is 1. The summed E-state index contributed by atoms with van der Waals surface area (Å²) in [5, 5.41) is 4.58. The first-order valence-electron chi connectivity index (χ1n) is 7.49. The molecule has 0 radical (unpaired) electrons. The van der Waals surface area contributed by atoms with Crippen LogP contribution in [0.25, 0.3) is 11.0 Å². The number of H-pyrrole nitrogens is 1. The molecule has 3 atom stereocenters. The van der Waals surface area contributed by atoms with Crippen LogP contribution in [-0.2, 0) is 4.79 Å². The van der Waals surface area contributed by atoms with Crippen LogP contribution in [0.2, 0.25) is 0 Å². The second-order valence-electron chi connectivity index (χ2n) is 6.27. The normalized spacial score (nSPS) is 28.9. The van der Waals surface area contributed by atoms with Gasteiger partial charge in [0, 0.05) is 32.3 Å². The minimum Gasteiger partial charge on any atom is -0.367 e. The molecule has 0 spiro atoms. The Labute approximate surface area is 123 Å². The van der Waals surface area contributed by atoms with Crippen LogP contribution < -0.4 is 5.32 Å². The van der Waals surface area contributed by atoms with Crippen molar-refractivity contribution in [3.05, 3.63) is 18.6 Å². The Kier molecular flexibility index (Phi) is 2.83. The molecular weight excluding hydrogens is 266 g/mol. The van der Waals surface area contributed by atoms with Gasteiger partial charge in [0.2, 0.25) is 5.91 Å². The first-order valence-corrected chi connectivity index (χ1v) is 7.49. The number of carbonyl (C=O) groups excluding carboxylic acids is 1. The number of piperidine rings is 1. The van der Waals surface area contributed by atoms with Crippen LogP contribution in [0.4, 0.5) is 5.82 Å². The molecule has 2 aromatic rings. The molecule has 1 saturated carbocycles. The van der Waals surface area contributed by atoms with Crippen molar-refractivity contribution in [1.82, 2.24) is 19.9 Å². The third-order valence-electron chi connectivity index (χ3n) is 4.91. The van der Waals surface area contributed by atoms with Gasteiger partial charge in [0.05, 0.1) is 5.39 Å². The number of aromatic nitrogens is 3. The minimum absolute atomic E-state index is 0.284. The van der Waals surface area contributed by atoms with Gasteiger partial charge in [-0.25, -0.2) is 9.97 Å². The Morgan fingerprint density at radius 2 is 2.19 bits per heavy atom. The molecule has 0 bridgehead atoms. The zero-order chi connectivity index (χ0) is 14.4. The molecule has 1 aliphatic heterocycles. The molecule has 2 aromatic heterocycles. The maximum atomic E-state index is 11.8. The standard InChI is InChI=1S/C15H19N5O/c1-20-7-10-5-11(4-9(10)6-13(20)21)19-15-12-2-3-16-14(12)17-8-18-15/h2-3,8-11H,4-7H2,1H3,(H2,16,17,18,19)/t9?,10?,11-/m1/s1. The minimum atomic E-state index is 0.284. The molecule has 0 aromatic carbocycles. The Hall–Kier alpha value is -2.11. The largest absolute Gasteiger partial charge is 0.367 e. The number of hydrogen-bond donors (Lipinski definition) is 2. The summed E-state index contributed by atoms with van der Waals surface area (Å²) in [6.07, 6.45) is 6.33. The van der Waals surface area contributed by atoms with Crippen molar-refractivity contribution in [2.24, 2.45) is 11.8 Å². The van der Waals surface area contributed by atoms with E-state index >= 15 is 0 Å². The molecule has 1 aliphatic carbocycles. The van der Waals surface area contributed by atoms with Crippen molar-refractivity contribution < 1.29 is 4.79 Å². The first-order chi connectivity index (χ1) is 10.2. The zero-order valence-corrected chi connectivity index (χ0v) is 12.0. The summed E-state index contributed by atoms with van der Waals surface area (Å²) in [7, 11) is 1.91. The number of aromatic amines is 1. The summed E-state index contributed by atoms with van der Waals surface area (Å²) >= 11 is 0. The number of nitrogens with one attached hydrogen (secondary N) is 2. The first kappa shape index (κ1) is 12.6. The lowest BCUT2D eigenvalue weighted by atomic mass is 9.88. The molecule has 3 heterocycles. The summed E-state index contributed by atoms with van der Waals surface area (Å²) in [4.78, 5) is 25.4. The molecular formula is C15H19N5O. The molecule has 6 heteroatoms. The van der Waals surface area contributed by atoms with Gasteiger partial charge in [-0.05, 0) is 30.7 Å². The molecule has 4 rings (SSSR count). The lowest BCUT2D eigenvalue weighted by Crippen LogP contribution is -2.39. The van der Waals surface area contributed by atoms with Gasteiger partial charge in [-0.15, -0.1) is 0 Å². The van der Waals surface area contributed by atoms with E-state index in [4.69, 9.17) is 0 Å². The molecule has 6 nitrogen and oxygen atoms in total. The third kappa shape index (κ3) is 2.14. The van der Waals surface area contributed by atoms with Gasteiger partial charge in [0.1, 0.15) is 17.8 Å². The van der Waals surface area contributed by atoms with E-state index in [1.165, 1.54) is 0 Å². The number of rotatable bonds is 2. The maximum absolute atomic E-state index is 11.8. The summed E-state index contributed by atoms with van der Waals surface area (Å²) in [6.45, 7) is 0.894. The number of hydrogen-bond acceptors (Lipinski definition) is 4. The molecule has 1 saturated heterocycles. The number of carbonyl (C=O) groups is 1. The summed E-state index contributed by atoms with van der Waals surface area (Å²) in [5.74, 6) is 2.32. The third-order valence-corrected chi connectivity index (χ3v) is 4.91. The highest BCUT2D eigenvalue weighted by atomic mass is 16.2. The summed E-state index contributed by atoms with van der Waals surface area (Å²) in [5.41, 5.74) is 0.859. The fourth-order valence-corrected chi connectivity index (χ4v) is 3.82. The van der Waals surface area contributed by atoms with Gasteiger partial charge < -0.3 is 15.2 Å². The number of fused-ring (bicyclic) bond motifs is 2. The quantitative estimate of drug-likeness (QED) is 0.879. The fraction of sp³-hybridized carbons (Fsp3) is 0.533. The lowest BCUT2D eigenvalue weighted by molar-refractivity contribution is -0.134. The van der Waals surface area contributed by atoms with Gasteiger partial charge in [-0.2, -0.15) is 0 Å². The van der Waals surface area contributed by atoms with E-state index in [-0.39, 0.29) is 5.91 Å². The Morgan fingerprint density at radius 3 is 3.10 bits per heavy atom. The highest BCUT2D eigenvalue weighted by Crippen LogP contribution is 2.39. The second kappa shape index (κ2) is 4.72. The Morgan fingerprint density at radius 1 is 1.33 bits per heavy atom. The zero-order valence-electron chi connectivity index (χ0n) is 12.0. The SMILES string of the molecule is CN1CC2C[C@H](Nc3ncnc4[nH]ccc34)CC2CC1=O. The summed E-state index contributed by atoms with van der Waals surface area (Å²) < 4.78 is 0. The van der Waals surface area contributed by atoms with Crippen LogP contribution in [0.3, 0.4) is 0 Å². The van der Waals surface area contributed by atoms with Crippen molar-refractivity contribution >= 4 is 22.8 Å². The molecule has 1 amide bonds. The highest BCUT2D eigenvalue weighted by molar-refractivity contribution is 5.86. The van der Waals surface area contributed by atoms with E-state index in [1.54, 1.807) is 6.33 Å². The van der Waals surface area contributed by atoms with Crippen molar-refractivity contribution in [3.8, 4) is 0 Å². The molecule has 2 aliphatic rings. The van der Waals surface area contributed by atoms with Gasteiger partial charge in [-0.1, -0.05) is 0 Å². The van der Waals surface area contributed by atoms with Crippen LogP contribution in [0.1, 0.15) is 19.3 Å². The van der Waals surface area contributed by atoms with Gasteiger partial charge in [0.25, 0.3) is 0 Å².